The van der Waals surface area contributed by atoms with E-state index in [9.17, 15) is 4.79 Å². The van der Waals surface area contributed by atoms with Gasteiger partial charge in [-0.25, -0.2) is 0 Å². The van der Waals surface area contributed by atoms with Crippen LogP contribution in [0.2, 0.25) is 0 Å². The summed E-state index contributed by atoms with van der Waals surface area (Å²) in [5.41, 5.74) is 5.51. The van der Waals surface area contributed by atoms with Crippen LogP contribution in [0.25, 0.3) is 0 Å². The van der Waals surface area contributed by atoms with Gasteiger partial charge < -0.3 is 20.3 Å². The second kappa shape index (κ2) is 10.2. The SMILES string of the molecule is COCCCC(=O)N1CCCN(CCCCN)CC1. The average molecular weight is 271 g/mol. The molecule has 1 amide bonds. The van der Waals surface area contributed by atoms with E-state index in [1.807, 2.05) is 4.90 Å². The number of carbonyl (C=O) groups excluding carboxylic acids is 1. The lowest BCUT2D eigenvalue weighted by Crippen LogP contribution is -2.35. The van der Waals surface area contributed by atoms with Gasteiger partial charge in [-0.1, -0.05) is 0 Å². The minimum absolute atomic E-state index is 0.279. The van der Waals surface area contributed by atoms with Gasteiger partial charge in [0.15, 0.2) is 0 Å². The maximum atomic E-state index is 12.0. The molecule has 0 radical (unpaired) electrons. The normalized spacial score (nSPS) is 17.5. The minimum Gasteiger partial charge on any atom is -0.385 e. The number of carbonyl (C=O) groups is 1. The monoisotopic (exact) mass is 271 g/mol. The molecule has 5 nitrogen and oxygen atoms in total. The highest BCUT2D eigenvalue weighted by Gasteiger charge is 2.18. The summed E-state index contributed by atoms with van der Waals surface area (Å²) in [4.78, 5) is 16.5. The number of ether oxygens (including phenoxy) is 1. The third-order valence-corrected chi connectivity index (χ3v) is 3.61. The van der Waals surface area contributed by atoms with Crippen molar-refractivity contribution in [2.45, 2.75) is 32.1 Å². The highest BCUT2D eigenvalue weighted by atomic mass is 16.5. The predicted octanol–water partition coefficient (Wildman–Crippen LogP) is 0.686. The predicted molar refractivity (Wildman–Crippen MR) is 77.0 cm³/mol. The number of unbranched alkanes of at least 4 members (excludes halogenated alkanes) is 1. The Morgan fingerprint density at radius 3 is 2.74 bits per heavy atom. The topological polar surface area (TPSA) is 58.8 Å². The Bertz CT molecular complexity index is 249. The van der Waals surface area contributed by atoms with Gasteiger partial charge in [-0.05, 0) is 45.3 Å². The van der Waals surface area contributed by atoms with Gasteiger partial charge in [0.05, 0.1) is 0 Å². The Kier molecular flexibility index (Phi) is 8.79. The molecule has 0 bridgehead atoms. The first kappa shape index (κ1) is 16.4. The summed E-state index contributed by atoms with van der Waals surface area (Å²) < 4.78 is 4.99. The first-order chi connectivity index (χ1) is 9.27. The van der Waals surface area contributed by atoms with Crippen LogP contribution in [0.3, 0.4) is 0 Å². The molecule has 0 saturated carbocycles. The van der Waals surface area contributed by atoms with Crippen molar-refractivity contribution in [2.24, 2.45) is 5.73 Å². The molecule has 112 valence electrons. The third-order valence-electron chi connectivity index (χ3n) is 3.61. The van der Waals surface area contributed by atoms with Gasteiger partial charge in [0.2, 0.25) is 5.91 Å². The Balaban J connectivity index is 2.22. The van der Waals surface area contributed by atoms with Crippen molar-refractivity contribution < 1.29 is 9.53 Å². The molecule has 2 N–H and O–H groups in total. The molecule has 0 unspecified atom stereocenters. The first-order valence-electron chi connectivity index (χ1n) is 7.47. The molecule has 5 heteroatoms. The molecule has 1 heterocycles. The van der Waals surface area contributed by atoms with E-state index >= 15 is 0 Å². The number of methoxy groups -OCH3 is 1. The fourth-order valence-corrected chi connectivity index (χ4v) is 2.45. The molecule has 0 aliphatic carbocycles. The van der Waals surface area contributed by atoms with Crippen LogP contribution >= 0.6 is 0 Å². The van der Waals surface area contributed by atoms with Crippen molar-refractivity contribution in [1.82, 2.24) is 9.80 Å². The van der Waals surface area contributed by atoms with Crippen molar-refractivity contribution in [3.8, 4) is 0 Å². The van der Waals surface area contributed by atoms with Crippen LogP contribution in [0.1, 0.15) is 32.1 Å². The number of hydrogen-bond donors (Lipinski definition) is 1. The zero-order valence-electron chi connectivity index (χ0n) is 12.3. The molecule has 0 aromatic heterocycles. The molecule has 1 rings (SSSR count). The highest BCUT2D eigenvalue weighted by Crippen LogP contribution is 2.07. The van der Waals surface area contributed by atoms with Gasteiger partial charge >= 0.3 is 0 Å². The van der Waals surface area contributed by atoms with Crippen LogP contribution in [-0.4, -0.2) is 68.7 Å². The lowest BCUT2D eigenvalue weighted by atomic mass is 10.2. The van der Waals surface area contributed by atoms with Crippen molar-refractivity contribution in [1.29, 1.82) is 0 Å². The lowest BCUT2D eigenvalue weighted by molar-refractivity contribution is -0.131. The van der Waals surface area contributed by atoms with Crippen LogP contribution in [0, 0.1) is 0 Å². The maximum absolute atomic E-state index is 12.0. The molecular weight excluding hydrogens is 242 g/mol. The second-order valence-electron chi connectivity index (χ2n) is 5.17. The van der Waals surface area contributed by atoms with Gasteiger partial charge in [-0.3, -0.25) is 4.79 Å². The molecule has 0 atom stereocenters. The number of nitrogens with zero attached hydrogens (tertiary/aromatic N) is 2. The summed E-state index contributed by atoms with van der Waals surface area (Å²) in [5.74, 6) is 0.279. The summed E-state index contributed by atoms with van der Waals surface area (Å²) in [6.07, 6.45) is 4.78. The Hall–Kier alpha value is -0.650. The molecule has 19 heavy (non-hydrogen) atoms. The van der Waals surface area contributed by atoms with Gasteiger partial charge in [-0.15, -0.1) is 0 Å². The van der Waals surface area contributed by atoms with E-state index in [0.717, 1.165) is 65.0 Å². The molecule has 0 aromatic rings. The zero-order chi connectivity index (χ0) is 13.9. The van der Waals surface area contributed by atoms with Crippen LogP contribution < -0.4 is 5.73 Å². The molecule has 0 spiro atoms. The largest absolute Gasteiger partial charge is 0.385 e. The molecule has 0 aromatic carbocycles. The number of rotatable bonds is 8. The second-order valence-corrected chi connectivity index (χ2v) is 5.17. The summed E-state index contributed by atoms with van der Waals surface area (Å²) in [6, 6.07) is 0. The number of hydrogen-bond acceptors (Lipinski definition) is 4. The van der Waals surface area contributed by atoms with Crippen LogP contribution in [0.4, 0.5) is 0 Å². The molecule has 1 aliphatic heterocycles. The first-order valence-corrected chi connectivity index (χ1v) is 7.47. The van der Waals surface area contributed by atoms with Crippen molar-refractivity contribution in [2.75, 3.05) is 53.0 Å². The minimum atomic E-state index is 0.279. The van der Waals surface area contributed by atoms with Gasteiger partial charge in [-0.2, -0.15) is 0 Å². The van der Waals surface area contributed by atoms with E-state index < -0.39 is 0 Å². The molecular formula is C14H29N3O2. The molecule has 1 aliphatic rings. The van der Waals surface area contributed by atoms with Crippen molar-refractivity contribution in [3.63, 3.8) is 0 Å². The van der Waals surface area contributed by atoms with E-state index in [4.69, 9.17) is 10.5 Å². The van der Waals surface area contributed by atoms with Gasteiger partial charge in [0.1, 0.15) is 0 Å². The van der Waals surface area contributed by atoms with Crippen LogP contribution in [-0.2, 0) is 9.53 Å². The third kappa shape index (κ3) is 6.89. The van der Waals surface area contributed by atoms with E-state index in [1.54, 1.807) is 7.11 Å². The van der Waals surface area contributed by atoms with Crippen LogP contribution in [0.15, 0.2) is 0 Å². The highest BCUT2D eigenvalue weighted by molar-refractivity contribution is 5.76. The van der Waals surface area contributed by atoms with Crippen LogP contribution in [0.5, 0.6) is 0 Å². The van der Waals surface area contributed by atoms with Gasteiger partial charge in [0, 0.05) is 39.8 Å². The number of nitrogens with two attached hydrogens (primary N) is 1. The average Bonchev–Trinajstić information content (AvgIpc) is 2.65. The summed E-state index contributed by atoms with van der Waals surface area (Å²) >= 11 is 0. The van der Waals surface area contributed by atoms with Gasteiger partial charge in [0.25, 0.3) is 0 Å². The Morgan fingerprint density at radius 2 is 2.00 bits per heavy atom. The van der Waals surface area contributed by atoms with E-state index in [0.29, 0.717) is 13.0 Å². The smallest absolute Gasteiger partial charge is 0.222 e. The Morgan fingerprint density at radius 1 is 1.16 bits per heavy atom. The van der Waals surface area contributed by atoms with E-state index in [1.165, 1.54) is 0 Å². The lowest BCUT2D eigenvalue weighted by Gasteiger charge is -2.22. The molecule has 1 saturated heterocycles. The summed E-state index contributed by atoms with van der Waals surface area (Å²) in [5, 5.41) is 0. The summed E-state index contributed by atoms with van der Waals surface area (Å²) in [7, 11) is 1.68. The maximum Gasteiger partial charge on any atom is 0.222 e. The van der Waals surface area contributed by atoms with E-state index in [2.05, 4.69) is 4.90 Å². The molecule has 1 fully saturated rings. The summed E-state index contributed by atoms with van der Waals surface area (Å²) in [6.45, 7) is 6.44. The standard InChI is InChI=1S/C14H29N3O2/c1-19-13-4-6-14(18)17-10-5-9-16(11-12-17)8-3-2-7-15/h2-13,15H2,1H3. The fourth-order valence-electron chi connectivity index (χ4n) is 2.45. The fraction of sp³-hybridized carbons (Fsp3) is 0.929. The zero-order valence-corrected chi connectivity index (χ0v) is 12.3. The Labute approximate surface area is 117 Å². The van der Waals surface area contributed by atoms with Crippen molar-refractivity contribution >= 4 is 5.91 Å². The number of amides is 1. The van der Waals surface area contributed by atoms with Crippen molar-refractivity contribution in [3.05, 3.63) is 0 Å². The van der Waals surface area contributed by atoms with E-state index in [-0.39, 0.29) is 5.91 Å². The quantitative estimate of drug-likeness (QED) is 0.660.